The summed E-state index contributed by atoms with van der Waals surface area (Å²) in [6.45, 7) is 10.9. The molecule has 18 rings (SSSR count). The van der Waals surface area contributed by atoms with Crippen molar-refractivity contribution in [3.63, 3.8) is 0 Å². The molecule has 0 aliphatic rings. The molecule has 18 aromatic rings. The van der Waals surface area contributed by atoms with Gasteiger partial charge in [-0.3, -0.25) is 42.5 Å². The predicted molar refractivity (Wildman–Crippen MR) is 468 cm³/mol. The number of imidazole rings is 1. The zero-order valence-corrected chi connectivity index (χ0v) is 67.4. The lowest BCUT2D eigenvalue weighted by Gasteiger charge is -2.21. The van der Waals surface area contributed by atoms with Crippen molar-refractivity contribution in [1.29, 1.82) is 0 Å². The largest absolute Gasteiger partial charge is 0.481 e. The molecule has 0 aliphatic carbocycles. The average molecular weight is 1610 g/mol. The third-order valence-corrected chi connectivity index (χ3v) is 20.6. The van der Waals surface area contributed by atoms with E-state index >= 15 is 0 Å². The second-order valence-corrected chi connectivity index (χ2v) is 28.7. The SMILES string of the molecule is COc1ccc(C#Cc2cccc3cc([C@H](C)NC(=O)c4c(C)nn5cccnc45)n(-c4ccccc4)c(=O)c23)cn1.Cc1nn2cccnc2c1C(=O)N[C@@H](C)c1cc2cccc(C#Cc3ccccc3)c2c(=O)n1-c1ccccc1.Cc1nn2cccnc2c1C(=O)N[C@@H](C)c1cc2cccc(C#Cc3cncn3C)c2c(=O)n1-c1ccccc1. The summed E-state index contributed by atoms with van der Waals surface area (Å²) in [6, 6.07) is 67.7. The molecule has 0 aliphatic heterocycles. The van der Waals surface area contributed by atoms with Gasteiger partial charge in [-0.15, -0.1) is 0 Å². The van der Waals surface area contributed by atoms with E-state index in [0.29, 0.717) is 129 Å². The minimum absolute atomic E-state index is 0.202. The minimum atomic E-state index is -0.534. The van der Waals surface area contributed by atoms with Crippen LogP contribution >= 0.6 is 0 Å². The lowest BCUT2D eigenvalue weighted by Crippen LogP contribution is -2.32. The third-order valence-electron chi connectivity index (χ3n) is 20.6. The molecule has 0 spiro atoms. The van der Waals surface area contributed by atoms with Gasteiger partial charge in [0, 0.05) is 118 Å². The number of rotatable bonds is 13. The summed E-state index contributed by atoms with van der Waals surface area (Å²) in [6.07, 6.45) is 15.1. The lowest BCUT2D eigenvalue weighted by molar-refractivity contribution is 0.0931. The number of hydrogen-bond donors (Lipinski definition) is 3. The predicted octanol–water partition coefficient (Wildman–Crippen LogP) is 13.8. The van der Waals surface area contributed by atoms with Gasteiger partial charge in [0.1, 0.15) is 22.4 Å². The molecule has 3 amide bonds. The van der Waals surface area contributed by atoms with Crippen molar-refractivity contribution < 1.29 is 19.1 Å². The molecule has 596 valence electrons. The molecule has 0 bridgehead atoms. The Labute approximate surface area is 698 Å². The van der Waals surface area contributed by atoms with E-state index in [4.69, 9.17) is 4.74 Å². The Hall–Kier alpha value is -16.7. The summed E-state index contributed by atoms with van der Waals surface area (Å²) in [4.78, 5) is 104. The summed E-state index contributed by atoms with van der Waals surface area (Å²) in [5.41, 5.74) is 11.8. The molecule has 122 heavy (non-hydrogen) atoms. The number of hydrogen-bond acceptors (Lipinski definition) is 15. The molecule has 0 radical (unpaired) electrons. The Morgan fingerprint density at radius 2 is 0.738 bits per heavy atom. The van der Waals surface area contributed by atoms with Crippen LogP contribution in [0.3, 0.4) is 0 Å². The number of ether oxygens (including phenoxy) is 1. The van der Waals surface area contributed by atoms with Crippen molar-refractivity contribution >= 4 is 67.0 Å². The van der Waals surface area contributed by atoms with Gasteiger partial charge in [0.2, 0.25) is 5.88 Å². The number of para-hydroxylation sites is 3. The Morgan fingerprint density at radius 3 is 1.07 bits per heavy atom. The van der Waals surface area contributed by atoms with E-state index in [0.717, 1.165) is 27.4 Å². The number of aryl methyl sites for hydroxylation is 4. The maximum absolute atomic E-state index is 14.2. The number of carbonyl (C=O) groups is 3. The molecule has 3 atom stereocenters. The fourth-order valence-corrected chi connectivity index (χ4v) is 14.7. The average Bonchev–Trinajstić information content (AvgIpc) is 0.850. The smallest absolute Gasteiger partial charge is 0.264 e. The van der Waals surface area contributed by atoms with Crippen LogP contribution in [0.25, 0.3) is 66.3 Å². The Kier molecular flexibility index (Phi) is 22.4. The monoisotopic (exact) mass is 1600 g/mol. The van der Waals surface area contributed by atoms with Gasteiger partial charge in [0.05, 0.1) is 71.0 Å². The van der Waals surface area contributed by atoms with Crippen LogP contribution in [0.2, 0.25) is 0 Å². The molecular formula is C97H76N18O7. The zero-order valence-electron chi connectivity index (χ0n) is 67.4. The molecule has 3 N–H and O–H groups in total. The fourth-order valence-electron chi connectivity index (χ4n) is 14.7. The molecule has 0 unspecified atom stereocenters. The Morgan fingerprint density at radius 1 is 0.385 bits per heavy atom. The number of nitrogens with zero attached hydrogens (tertiary/aromatic N) is 15. The fraction of sp³-hybridized carbons (Fsp3) is 0.113. The van der Waals surface area contributed by atoms with Gasteiger partial charge < -0.3 is 25.3 Å². The highest BCUT2D eigenvalue weighted by molar-refractivity contribution is 6.03. The van der Waals surface area contributed by atoms with E-state index in [1.54, 1.807) is 135 Å². The van der Waals surface area contributed by atoms with E-state index in [1.165, 1.54) is 0 Å². The van der Waals surface area contributed by atoms with Crippen LogP contribution in [-0.4, -0.2) is 96.9 Å². The van der Waals surface area contributed by atoms with E-state index in [-0.39, 0.29) is 34.4 Å². The molecule has 25 nitrogen and oxygen atoms in total. The first-order valence-corrected chi connectivity index (χ1v) is 39.0. The van der Waals surface area contributed by atoms with Crippen LogP contribution in [0.5, 0.6) is 5.88 Å². The number of fused-ring (bicyclic) bond motifs is 6. The second kappa shape index (κ2) is 34.6. The minimum Gasteiger partial charge on any atom is -0.481 e. The van der Waals surface area contributed by atoms with Gasteiger partial charge >= 0.3 is 0 Å². The topological polar surface area (TPSA) is 284 Å². The van der Waals surface area contributed by atoms with Crippen LogP contribution in [0.15, 0.2) is 295 Å². The standard InChI is InChI=1S/C33H26N6O3.C33H25N5O2.C31H25N7O2/c1-21(36-32(40)29-22(2)37-38-18-8-17-34-31(29)38)27-19-25-10-7-9-24(15-13-23-14-16-28(42-3)35-20-23)30(25)33(41)39(27)26-11-5-4-6-12-26;1-22(35-32(39)29-23(2)36-37-20-10-19-34-31(29)37)28-21-26-14-9-13-25(18-17-24-11-5-3-6-12-24)30(26)33(40)38(28)27-15-7-4-8-16-27;1-20(34-30(39)27-21(2)35-37-16-8-15-33-29(27)37)26-17-23-10-7-9-22(13-14-25-18-32-19-36(25)3)28(23)31(40)38(26)24-11-5-4-6-12-24/h4-12,14,16-21H,1-3H3,(H,36,40);3-16,19-22H,1-2H3,(H,35,39);4-12,15-20H,1-3H3,(H,34,39)/t21-;22-;20-/m000/s1. The zero-order chi connectivity index (χ0) is 84.7. The lowest BCUT2D eigenvalue weighted by atomic mass is 10.0. The maximum atomic E-state index is 14.2. The summed E-state index contributed by atoms with van der Waals surface area (Å²) in [5.74, 6) is 18.4. The molecule has 0 saturated carbocycles. The van der Waals surface area contributed by atoms with Crippen molar-refractivity contribution in [1.82, 2.24) is 88.0 Å². The van der Waals surface area contributed by atoms with Crippen molar-refractivity contribution in [3.8, 4) is 58.5 Å². The normalized spacial score (nSPS) is 11.7. The van der Waals surface area contributed by atoms with Gasteiger partial charge in [-0.1, -0.05) is 139 Å². The molecule has 11 heterocycles. The number of aromatic nitrogens is 15. The highest BCUT2D eigenvalue weighted by Crippen LogP contribution is 2.30. The number of pyridine rings is 4. The first-order valence-electron chi connectivity index (χ1n) is 39.0. The van der Waals surface area contributed by atoms with Gasteiger partial charge in [-0.05, 0) is 173 Å². The van der Waals surface area contributed by atoms with E-state index in [1.807, 2.05) is 233 Å². The molecule has 11 aromatic heterocycles. The van der Waals surface area contributed by atoms with Crippen LogP contribution in [0.4, 0.5) is 0 Å². The van der Waals surface area contributed by atoms with E-state index < -0.39 is 18.1 Å². The highest BCUT2D eigenvalue weighted by Gasteiger charge is 2.28. The quantitative estimate of drug-likeness (QED) is 0.0905. The molecular weight excluding hydrogens is 1530 g/mol. The van der Waals surface area contributed by atoms with Crippen molar-refractivity contribution in [3.05, 3.63) is 396 Å². The third kappa shape index (κ3) is 16.1. The number of amides is 3. The molecule has 0 saturated heterocycles. The van der Waals surface area contributed by atoms with Crippen LogP contribution in [0.1, 0.15) is 138 Å². The number of benzene rings is 7. The number of methoxy groups -OCH3 is 1. The Bertz CT molecular complexity index is 7500. The van der Waals surface area contributed by atoms with Gasteiger partial charge in [0.15, 0.2) is 16.9 Å². The van der Waals surface area contributed by atoms with Crippen molar-refractivity contribution in [2.45, 2.75) is 59.7 Å². The number of carbonyl (C=O) groups excluding carboxylic acids is 3. The van der Waals surface area contributed by atoms with Crippen molar-refractivity contribution in [2.75, 3.05) is 7.11 Å². The number of nitrogens with one attached hydrogen (secondary N) is 3. The molecule has 0 fully saturated rings. The van der Waals surface area contributed by atoms with Gasteiger partial charge in [-0.25, -0.2) is 38.5 Å². The maximum Gasteiger partial charge on any atom is 0.264 e. The van der Waals surface area contributed by atoms with Crippen molar-refractivity contribution in [2.24, 2.45) is 7.05 Å². The first-order chi connectivity index (χ1) is 59.4. The summed E-state index contributed by atoms with van der Waals surface area (Å²) < 4.78 is 16.6. The van der Waals surface area contributed by atoms with Crippen LogP contribution in [-0.2, 0) is 7.05 Å². The second-order valence-electron chi connectivity index (χ2n) is 28.7. The molecule has 25 heteroatoms. The molecule has 7 aromatic carbocycles. The Balaban J connectivity index is 0.000000136. The summed E-state index contributed by atoms with van der Waals surface area (Å²) >= 11 is 0. The first kappa shape index (κ1) is 79.1. The van der Waals surface area contributed by atoms with E-state index in [2.05, 4.69) is 91.7 Å². The summed E-state index contributed by atoms with van der Waals surface area (Å²) in [7, 11) is 3.43. The van der Waals surface area contributed by atoms with Crippen LogP contribution in [0, 0.1) is 56.3 Å². The van der Waals surface area contributed by atoms with Crippen LogP contribution < -0.4 is 37.4 Å². The van der Waals surface area contributed by atoms with Gasteiger partial charge in [-0.2, -0.15) is 15.3 Å². The summed E-state index contributed by atoms with van der Waals surface area (Å²) in [5, 5.41) is 26.2. The van der Waals surface area contributed by atoms with E-state index in [9.17, 15) is 28.8 Å². The highest BCUT2D eigenvalue weighted by atomic mass is 16.5. The van der Waals surface area contributed by atoms with Gasteiger partial charge in [0.25, 0.3) is 34.4 Å².